The molecular formula is C24H37FN4. The van der Waals surface area contributed by atoms with Gasteiger partial charge in [0, 0.05) is 43.4 Å². The van der Waals surface area contributed by atoms with Crippen molar-refractivity contribution >= 4 is 5.69 Å². The summed E-state index contributed by atoms with van der Waals surface area (Å²) < 4.78 is 13.2. The number of rotatable bonds is 13. The number of halogens is 1. The number of para-hydroxylation sites is 1. The van der Waals surface area contributed by atoms with E-state index < -0.39 is 0 Å². The van der Waals surface area contributed by atoms with Crippen LogP contribution in [0.4, 0.5) is 10.1 Å². The van der Waals surface area contributed by atoms with Gasteiger partial charge in [-0.2, -0.15) is 0 Å². The molecule has 0 spiro atoms. The Morgan fingerprint density at radius 1 is 0.828 bits per heavy atom. The van der Waals surface area contributed by atoms with Gasteiger partial charge in [0.1, 0.15) is 5.82 Å². The summed E-state index contributed by atoms with van der Waals surface area (Å²) in [6.45, 7) is 7.20. The average molecular weight is 401 g/mol. The zero-order valence-corrected chi connectivity index (χ0v) is 18.3. The van der Waals surface area contributed by atoms with E-state index in [0.717, 1.165) is 43.7 Å². The topological polar surface area (TPSA) is 39.3 Å². The lowest BCUT2D eigenvalue weighted by atomic mass is 10.0. The van der Waals surface area contributed by atoms with Crippen molar-refractivity contribution in [2.75, 3.05) is 39.0 Å². The quantitative estimate of drug-likeness (QED) is 0.439. The third-order valence-corrected chi connectivity index (χ3v) is 5.29. The first kappa shape index (κ1) is 23.3. The van der Waals surface area contributed by atoms with E-state index >= 15 is 0 Å². The van der Waals surface area contributed by atoms with E-state index in [2.05, 4.69) is 60.9 Å². The van der Waals surface area contributed by atoms with E-state index in [9.17, 15) is 4.39 Å². The van der Waals surface area contributed by atoms with Crippen LogP contribution in [0.15, 0.2) is 54.6 Å². The zero-order chi connectivity index (χ0) is 21.1. The van der Waals surface area contributed by atoms with Crippen LogP contribution < -0.4 is 16.0 Å². The summed E-state index contributed by atoms with van der Waals surface area (Å²) in [6.07, 6.45) is 2.24. The summed E-state index contributed by atoms with van der Waals surface area (Å²) in [5.74, 6) is -0.187. The number of nitrogens with zero attached hydrogens (tertiary/aromatic N) is 1. The lowest BCUT2D eigenvalue weighted by Crippen LogP contribution is -2.37. The fourth-order valence-electron chi connectivity index (χ4n) is 3.38. The van der Waals surface area contributed by atoms with Crippen LogP contribution in [0.3, 0.4) is 0 Å². The molecule has 160 valence electrons. The van der Waals surface area contributed by atoms with Gasteiger partial charge >= 0.3 is 0 Å². The van der Waals surface area contributed by atoms with Crippen molar-refractivity contribution in [1.29, 1.82) is 0 Å². The lowest BCUT2D eigenvalue weighted by molar-refractivity contribution is 0.277. The van der Waals surface area contributed by atoms with E-state index in [0.29, 0.717) is 12.1 Å². The maximum atomic E-state index is 13.2. The summed E-state index contributed by atoms with van der Waals surface area (Å²) in [6, 6.07) is 18.3. The average Bonchev–Trinajstić information content (AvgIpc) is 2.71. The molecule has 3 unspecified atom stereocenters. The smallest absolute Gasteiger partial charge is 0.123 e. The predicted molar refractivity (Wildman–Crippen MR) is 122 cm³/mol. The maximum Gasteiger partial charge on any atom is 0.123 e. The van der Waals surface area contributed by atoms with E-state index in [1.54, 1.807) is 0 Å². The number of anilines is 1. The highest BCUT2D eigenvalue weighted by molar-refractivity contribution is 5.42. The first-order chi connectivity index (χ1) is 14.0. The largest absolute Gasteiger partial charge is 0.384 e. The summed E-state index contributed by atoms with van der Waals surface area (Å²) in [4.78, 5) is 2.18. The highest BCUT2D eigenvalue weighted by Crippen LogP contribution is 2.18. The molecule has 0 radical (unpaired) electrons. The molecule has 0 amide bonds. The van der Waals surface area contributed by atoms with Crippen molar-refractivity contribution in [3.63, 3.8) is 0 Å². The molecule has 0 saturated carbocycles. The molecule has 3 atom stereocenters. The van der Waals surface area contributed by atoms with E-state index in [4.69, 9.17) is 0 Å². The van der Waals surface area contributed by atoms with E-state index in [-0.39, 0.29) is 11.9 Å². The first-order valence-electron chi connectivity index (χ1n) is 10.6. The molecule has 0 fully saturated rings. The van der Waals surface area contributed by atoms with Crippen LogP contribution in [0, 0.1) is 5.82 Å². The van der Waals surface area contributed by atoms with Gasteiger partial charge in [-0.25, -0.2) is 4.39 Å². The van der Waals surface area contributed by atoms with Gasteiger partial charge in [0.05, 0.1) is 0 Å². The number of nitrogens with one attached hydrogen (secondary N) is 3. The molecule has 4 nitrogen and oxygen atoms in total. The van der Waals surface area contributed by atoms with Crippen LogP contribution in [-0.2, 0) is 0 Å². The summed E-state index contributed by atoms with van der Waals surface area (Å²) in [5, 5.41) is 10.7. The summed E-state index contributed by atoms with van der Waals surface area (Å²) in [7, 11) is 4.13. The van der Waals surface area contributed by atoms with Gasteiger partial charge in [0.15, 0.2) is 0 Å². The zero-order valence-electron chi connectivity index (χ0n) is 18.3. The monoisotopic (exact) mass is 400 g/mol. The molecular weight excluding hydrogens is 363 g/mol. The fraction of sp³-hybridized carbons (Fsp3) is 0.500. The van der Waals surface area contributed by atoms with E-state index in [1.807, 2.05) is 30.3 Å². The van der Waals surface area contributed by atoms with Crippen LogP contribution in [0.2, 0.25) is 0 Å². The van der Waals surface area contributed by atoms with Crippen molar-refractivity contribution < 1.29 is 4.39 Å². The minimum absolute atomic E-state index is 0.187. The van der Waals surface area contributed by atoms with Crippen LogP contribution in [0.5, 0.6) is 0 Å². The Morgan fingerprint density at radius 2 is 1.45 bits per heavy atom. The number of hydrogen-bond acceptors (Lipinski definition) is 4. The highest BCUT2D eigenvalue weighted by atomic mass is 19.1. The lowest BCUT2D eigenvalue weighted by Gasteiger charge is -2.27. The van der Waals surface area contributed by atoms with Gasteiger partial charge in [-0.3, -0.25) is 0 Å². The van der Waals surface area contributed by atoms with Gasteiger partial charge in [-0.15, -0.1) is 0 Å². The molecule has 0 bridgehead atoms. The van der Waals surface area contributed by atoms with Crippen molar-refractivity contribution in [1.82, 2.24) is 15.5 Å². The summed E-state index contributed by atoms with van der Waals surface area (Å²) in [5.41, 5.74) is 2.30. The maximum absolute atomic E-state index is 13.2. The van der Waals surface area contributed by atoms with Gasteiger partial charge in [0.25, 0.3) is 0 Å². The van der Waals surface area contributed by atoms with Crippen LogP contribution >= 0.6 is 0 Å². The molecule has 2 aromatic rings. The Balaban J connectivity index is 1.63. The van der Waals surface area contributed by atoms with Crippen LogP contribution in [0.25, 0.3) is 0 Å². The Hall–Kier alpha value is -1.95. The third kappa shape index (κ3) is 8.94. The first-order valence-corrected chi connectivity index (χ1v) is 10.6. The number of hydrogen-bond donors (Lipinski definition) is 3. The third-order valence-electron chi connectivity index (χ3n) is 5.29. The second-order valence-corrected chi connectivity index (χ2v) is 8.07. The SMILES string of the molecule is CC(CCC(C)NCC(c1ccc(F)cc1)N(C)C)NCCNc1ccccc1. The minimum atomic E-state index is -0.187. The molecule has 2 rings (SSSR count). The Labute approximate surface area is 175 Å². The van der Waals surface area contributed by atoms with Crippen molar-refractivity contribution in [2.45, 2.75) is 44.8 Å². The van der Waals surface area contributed by atoms with Crippen LogP contribution in [-0.4, -0.2) is 50.7 Å². The van der Waals surface area contributed by atoms with Crippen molar-refractivity contribution in [2.24, 2.45) is 0 Å². The summed E-state index contributed by atoms with van der Waals surface area (Å²) >= 11 is 0. The van der Waals surface area contributed by atoms with Crippen molar-refractivity contribution in [3.05, 3.63) is 66.0 Å². The van der Waals surface area contributed by atoms with Crippen LogP contribution in [0.1, 0.15) is 38.3 Å². The minimum Gasteiger partial charge on any atom is -0.384 e. The Morgan fingerprint density at radius 3 is 2.07 bits per heavy atom. The molecule has 0 aliphatic heterocycles. The van der Waals surface area contributed by atoms with Gasteiger partial charge in [0.2, 0.25) is 0 Å². The number of likely N-dealkylation sites (N-methyl/N-ethyl adjacent to an activating group) is 1. The van der Waals surface area contributed by atoms with Crippen molar-refractivity contribution in [3.8, 4) is 0 Å². The second-order valence-electron chi connectivity index (χ2n) is 8.07. The molecule has 2 aromatic carbocycles. The van der Waals surface area contributed by atoms with Gasteiger partial charge < -0.3 is 20.9 Å². The normalized spacial score (nSPS) is 14.6. The standard InChI is InChI=1S/C24H37FN4/c1-19(26-16-17-27-23-8-6-5-7-9-23)10-11-20(2)28-18-24(29(3)4)21-12-14-22(25)15-13-21/h5-9,12-15,19-20,24,26-28H,10-11,16-18H2,1-4H3. The predicted octanol–water partition coefficient (Wildman–Crippen LogP) is 4.28. The van der Waals surface area contributed by atoms with Gasteiger partial charge in [-0.05, 0) is 70.6 Å². The molecule has 0 aliphatic rings. The fourth-order valence-corrected chi connectivity index (χ4v) is 3.38. The number of benzene rings is 2. The molecule has 5 heteroatoms. The van der Waals surface area contributed by atoms with Gasteiger partial charge in [-0.1, -0.05) is 30.3 Å². The molecule has 3 N–H and O–H groups in total. The molecule has 0 aromatic heterocycles. The molecule has 0 heterocycles. The molecule has 0 aliphatic carbocycles. The van der Waals surface area contributed by atoms with E-state index in [1.165, 1.54) is 12.1 Å². The Bertz CT molecular complexity index is 675. The molecule has 29 heavy (non-hydrogen) atoms. The Kier molecular flexibility index (Phi) is 10.1. The second kappa shape index (κ2) is 12.6. The molecule has 0 saturated heterocycles. The highest BCUT2D eigenvalue weighted by Gasteiger charge is 2.15.